The van der Waals surface area contributed by atoms with Crippen molar-refractivity contribution in [2.45, 2.75) is 50.4 Å². The molecule has 0 bridgehead atoms. The molecule has 0 saturated carbocycles. The number of carboxylic acid groups (broad SMARTS) is 2. The Morgan fingerprint density at radius 1 is 0.795 bits per heavy atom. The minimum Gasteiger partial charge on any atom is -0.481 e. The first kappa shape index (κ1) is 28.9. The van der Waals surface area contributed by atoms with Crippen LogP contribution >= 0.6 is 0 Å². The number of fused-ring (bicyclic) bond motifs is 1. The normalized spacial score (nSPS) is 14.0. The zero-order valence-corrected chi connectivity index (χ0v) is 21.2. The molecule has 0 aliphatic rings. The number of aromatic nitrogens is 1. The number of nitrogens with two attached hydrogens (primary N) is 1. The molecule has 39 heavy (non-hydrogen) atoms. The third kappa shape index (κ3) is 8.14. The van der Waals surface area contributed by atoms with Crippen LogP contribution in [0.3, 0.4) is 0 Å². The molecule has 0 fully saturated rings. The number of amides is 3. The minimum atomic E-state index is -1.71. The number of carbonyl (C=O) groups is 5. The maximum atomic E-state index is 13.4. The molecule has 0 saturated heterocycles. The van der Waals surface area contributed by atoms with Crippen LogP contribution in [0.1, 0.15) is 24.5 Å². The topological polar surface area (TPSA) is 204 Å². The van der Waals surface area contributed by atoms with Gasteiger partial charge in [0, 0.05) is 29.9 Å². The summed E-state index contributed by atoms with van der Waals surface area (Å²) in [5.74, 6) is -5.11. The Labute approximate surface area is 224 Å². The van der Waals surface area contributed by atoms with Gasteiger partial charge >= 0.3 is 11.9 Å². The van der Waals surface area contributed by atoms with E-state index in [1.165, 1.54) is 6.92 Å². The Kier molecular flexibility index (Phi) is 9.76. The Bertz CT molecular complexity index is 1340. The van der Waals surface area contributed by atoms with E-state index >= 15 is 0 Å². The molecular formula is C27H31N5O7. The van der Waals surface area contributed by atoms with Gasteiger partial charge in [-0.15, -0.1) is 0 Å². The van der Waals surface area contributed by atoms with E-state index in [-0.39, 0.29) is 12.8 Å². The lowest BCUT2D eigenvalue weighted by molar-refractivity contribution is -0.147. The molecule has 0 aliphatic carbocycles. The minimum absolute atomic E-state index is 0.0414. The molecule has 8 N–H and O–H groups in total. The maximum Gasteiger partial charge on any atom is 0.326 e. The Balaban J connectivity index is 1.90. The zero-order chi connectivity index (χ0) is 28.5. The van der Waals surface area contributed by atoms with E-state index in [0.717, 1.165) is 16.5 Å². The quantitative estimate of drug-likeness (QED) is 0.161. The van der Waals surface area contributed by atoms with Crippen molar-refractivity contribution < 1.29 is 34.2 Å². The van der Waals surface area contributed by atoms with Gasteiger partial charge in [-0.25, -0.2) is 4.79 Å². The smallest absolute Gasteiger partial charge is 0.326 e. The number of nitrogens with one attached hydrogen (secondary N) is 4. The highest BCUT2D eigenvalue weighted by Gasteiger charge is 2.31. The van der Waals surface area contributed by atoms with E-state index < -0.39 is 60.2 Å². The third-order valence-corrected chi connectivity index (χ3v) is 6.05. The largest absolute Gasteiger partial charge is 0.481 e. The van der Waals surface area contributed by atoms with E-state index in [2.05, 4.69) is 20.9 Å². The van der Waals surface area contributed by atoms with Gasteiger partial charge < -0.3 is 36.9 Å². The molecule has 4 atom stereocenters. The van der Waals surface area contributed by atoms with Crippen molar-refractivity contribution in [3.05, 3.63) is 71.9 Å². The molecule has 4 unspecified atom stereocenters. The standard InChI is InChI=1S/C27H31N5O7/c1-15(28)24(35)30-20(11-16-7-3-2-4-8-16)25(36)31-21(26(37)32-22(27(38)39)13-23(33)34)12-17-14-29-19-10-6-5-9-18(17)19/h2-10,14-15,20-22,29H,11-13,28H2,1H3,(H,30,35)(H,31,36)(H,32,37)(H,33,34)(H,38,39). The van der Waals surface area contributed by atoms with E-state index in [9.17, 15) is 29.1 Å². The number of benzene rings is 2. The van der Waals surface area contributed by atoms with Crippen LogP contribution in [0, 0.1) is 0 Å². The van der Waals surface area contributed by atoms with E-state index in [1.54, 1.807) is 42.6 Å². The molecule has 0 aliphatic heterocycles. The molecule has 2 aromatic carbocycles. The summed E-state index contributed by atoms with van der Waals surface area (Å²) < 4.78 is 0. The molecule has 3 aromatic rings. The van der Waals surface area contributed by atoms with Crippen molar-refractivity contribution in [2.24, 2.45) is 5.73 Å². The van der Waals surface area contributed by atoms with Crippen LogP contribution in [-0.2, 0) is 36.8 Å². The molecule has 0 radical (unpaired) electrons. The number of carbonyl (C=O) groups excluding carboxylic acids is 3. The number of carboxylic acids is 2. The molecule has 1 aromatic heterocycles. The van der Waals surface area contributed by atoms with Gasteiger partial charge in [0.05, 0.1) is 12.5 Å². The van der Waals surface area contributed by atoms with Crippen LogP contribution in [0.25, 0.3) is 10.9 Å². The number of para-hydroxylation sites is 1. The summed E-state index contributed by atoms with van der Waals surface area (Å²) in [5.41, 5.74) is 7.87. The number of hydrogen-bond acceptors (Lipinski definition) is 6. The average molecular weight is 538 g/mol. The van der Waals surface area contributed by atoms with Gasteiger partial charge in [0.25, 0.3) is 0 Å². The second-order valence-corrected chi connectivity index (χ2v) is 9.16. The summed E-state index contributed by atoms with van der Waals surface area (Å²) in [4.78, 5) is 64.8. The summed E-state index contributed by atoms with van der Waals surface area (Å²) in [6.07, 6.45) is 0.877. The number of aromatic amines is 1. The van der Waals surface area contributed by atoms with E-state index in [0.29, 0.717) is 5.56 Å². The summed E-state index contributed by atoms with van der Waals surface area (Å²) >= 11 is 0. The van der Waals surface area contributed by atoms with Crippen LogP contribution < -0.4 is 21.7 Å². The SMILES string of the molecule is CC(N)C(=O)NC(Cc1ccccc1)C(=O)NC(Cc1c[nH]c2ccccc12)C(=O)NC(CC(=O)O)C(=O)O. The lowest BCUT2D eigenvalue weighted by Gasteiger charge is -2.25. The number of H-pyrrole nitrogens is 1. The summed E-state index contributed by atoms with van der Waals surface area (Å²) in [6, 6.07) is 11.2. The molecule has 0 spiro atoms. The van der Waals surface area contributed by atoms with Gasteiger partial charge in [-0.05, 0) is 24.1 Å². The average Bonchev–Trinajstić information content (AvgIpc) is 3.30. The highest BCUT2D eigenvalue weighted by atomic mass is 16.4. The fourth-order valence-corrected chi connectivity index (χ4v) is 4.01. The Morgan fingerprint density at radius 3 is 1.97 bits per heavy atom. The van der Waals surface area contributed by atoms with Gasteiger partial charge in [0.1, 0.15) is 18.1 Å². The van der Waals surface area contributed by atoms with Crippen LogP contribution in [0.4, 0.5) is 0 Å². The Hall–Kier alpha value is -4.71. The number of rotatable bonds is 13. The van der Waals surface area contributed by atoms with Crippen molar-refractivity contribution in [1.29, 1.82) is 0 Å². The van der Waals surface area contributed by atoms with Crippen molar-refractivity contribution in [2.75, 3.05) is 0 Å². The highest BCUT2D eigenvalue weighted by Crippen LogP contribution is 2.19. The first-order valence-corrected chi connectivity index (χ1v) is 12.3. The van der Waals surface area contributed by atoms with Crippen molar-refractivity contribution in [3.63, 3.8) is 0 Å². The molecule has 1 heterocycles. The predicted octanol–water partition coefficient (Wildman–Crippen LogP) is 0.314. The van der Waals surface area contributed by atoms with Crippen molar-refractivity contribution >= 4 is 40.6 Å². The van der Waals surface area contributed by atoms with Crippen LogP contribution in [0.5, 0.6) is 0 Å². The van der Waals surface area contributed by atoms with E-state index in [4.69, 9.17) is 10.8 Å². The van der Waals surface area contributed by atoms with Crippen LogP contribution in [0.2, 0.25) is 0 Å². The number of aliphatic carboxylic acids is 2. The monoisotopic (exact) mass is 537 g/mol. The molecule has 206 valence electrons. The molecule has 3 rings (SSSR count). The molecule has 3 amide bonds. The highest BCUT2D eigenvalue weighted by molar-refractivity contribution is 5.95. The van der Waals surface area contributed by atoms with Crippen molar-refractivity contribution in [1.82, 2.24) is 20.9 Å². The van der Waals surface area contributed by atoms with Gasteiger partial charge in [-0.3, -0.25) is 19.2 Å². The molecular weight excluding hydrogens is 506 g/mol. The molecule has 12 heteroatoms. The predicted molar refractivity (Wildman–Crippen MR) is 141 cm³/mol. The van der Waals surface area contributed by atoms with Gasteiger partial charge in [0.2, 0.25) is 17.7 Å². The summed E-state index contributed by atoms with van der Waals surface area (Å²) in [5, 5.41) is 26.7. The second-order valence-electron chi connectivity index (χ2n) is 9.16. The lowest BCUT2D eigenvalue weighted by Crippen LogP contribution is -2.58. The summed E-state index contributed by atoms with van der Waals surface area (Å²) in [6.45, 7) is 1.47. The fourth-order valence-electron chi connectivity index (χ4n) is 4.01. The Morgan fingerprint density at radius 2 is 1.36 bits per heavy atom. The first-order valence-electron chi connectivity index (χ1n) is 12.3. The van der Waals surface area contributed by atoms with Gasteiger partial charge in [-0.2, -0.15) is 0 Å². The van der Waals surface area contributed by atoms with Gasteiger partial charge in [0.15, 0.2) is 0 Å². The van der Waals surface area contributed by atoms with Gasteiger partial charge in [-0.1, -0.05) is 48.5 Å². The van der Waals surface area contributed by atoms with Crippen LogP contribution in [0.15, 0.2) is 60.8 Å². The van der Waals surface area contributed by atoms with Crippen molar-refractivity contribution in [3.8, 4) is 0 Å². The number of hydrogen-bond donors (Lipinski definition) is 7. The third-order valence-electron chi connectivity index (χ3n) is 6.05. The molecule has 12 nitrogen and oxygen atoms in total. The maximum absolute atomic E-state index is 13.4. The van der Waals surface area contributed by atoms with E-state index in [1.807, 2.05) is 18.2 Å². The summed E-state index contributed by atoms with van der Waals surface area (Å²) in [7, 11) is 0. The van der Waals surface area contributed by atoms with Crippen LogP contribution in [-0.4, -0.2) is 69.0 Å². The second kappa shape index (κ2) is 13.2. The lowest BCUT2D eigenvalue weighted by atomic mass is 10.0. The first-order chi connectivity index (χ1) is 18.5. The fraction of sp³-hybridized carbons (Fsp3) is 0.296. The zero-order valence-electron chi connectivity index (χ0n) is 21.2.